The van der Waals surface area contributed by atoms with E-state index in [1.165, 1.54) is 24.3 Å². The number of fused-ring (bicyclic) bond motifs is 1. The maximum atomic E-state index is 13.5. The Bertz CT molecular complexity index is 1540. The number of aromatic hydroxyl groups is 1. The van der Waals surface area contributed by atoms with Crippen molar-refractivity contribution in [3.8, 4) is 5.75 Å². The molecule has 45 heavy (non-hydrogen) atoms. The Kier molecular flexibility index (Phi) is 12.0. The minimum absolute atomic E-state index is 0.0244. The van der Waals surface area contributed by atoms with Crippen molar-refractivity contribution in [1.82, 2.24) is 20.9 Å². The number of rotatable bonds is 17. The standard InChI is InChI=1S/C30H36N6O9/c31-20(14-17-15-33-21-4-2-1-3-19(17)21)27(41)36-24(13-16-5-7-18(37)8-6-16)29(43)34-22(9-11-25(32)38)28(42)35-23(30(44)45)10-12-26(39)40/h1-8,15,20,22-24,33,37H,9-14,31H2,(H2,32,38)(H,34,43)(H,35,42)(H,36,41)(H,39,40)(H,44,45). The summed E-state index contributed by atoms with van der Waals surface area (Å²) < 4.78 is 0. The number of carboxylic acid groups (broad SMARTS) is 2. The fourth-order valence-electron chi connectivity index (χ4n) is 4.61. The van der Waals surface area contributed by atoms with Gasteiger partial charge < -0.3 is 47.7 Å². The molecule has 4 amide bonds. The van der Waals surface area contributed by atoms with Crippen molar-refractivity contribution in [3.63, 3.8) is 0 Å². The van der Waals surface area contributed by atoms with Crippen LogP contribution in [0.2, 0.25) is 0 Å². The number of nitrogens with one attached hydrogen (secondary N) is 4. The highest BCUT2D eigenvalue weighted by Crippen LogP contribution is 2.19. The monoisotopic (exact) mass is 624 g/mol. The maximum absolute atomic E-state index is 13.5. The molecule has 0 bridgehead atoms. The predicted octanol–water partition coefficient (Wildman–Crippen LogP) is -0.345. The van der Waals surface area contributed by atoms with Gasteiger partial charge in [0.2, 0.25) is 23.6 Å². The molecule has 0 aliphatic heterocycles. The van der Waals surface area contributed by atoms with Crippen molar-refractivity contribution < 1.29 is 44.1 Å². The Morgan fingerprint density at radius 3 is 2.00 bits per heavy atom. The quantitative estimate of drug-likeness (QED) is 0.0942. The zero-order chi connectivity index (χ0) is 33.1. The lowest BCUT2D eigenvalue weighted by molar-refractivity contribution is -0.143. The number of phenols is 1. The van der Waals surface area contributed by atoms with Crippen LogP contribution in [-0.2, 0) is 41.6 Å². The highest BCUT2D eigenvalue weighted by molar-refractivity contribution is 5.95. The molecule has 3 rings (SSSR count). The molecule has 0 fully saturated rings. The summed E-state index contributed by atoms with van der Waals surface area (Å²) in [6.45, 7) is 0. The Morgan fingerprint density at radius 1 is 0.756 bits per heavy atom. The number of aromatic amines is 1. The number of hydrogen-bond donors (Lipinski definition) is 9. The first-order valence-corrected chi connectivity index (χ1v) is 14.1. The van der Waals surface area contributed by atoms with Gasteiger partial charge in [-0.05, 0) is 48.6 Å². The number of carbonyl (C=O) groups excluding carboxylic acids is 4. The fourth-order valence-corrected chi connectivity index (χ4v) is 4.61. The summed E-state index contributed by atoms with van der Waals surface area (Å²) >= 11 is 0. The lowest BCUT2D eigenvalue weighted by Gasteiger charge is -2.25. The van der Waals surface area contributed by atoms with E-state index < -0.39 is 72.6 Å². The first kappa shape index (κ1) is 34.1. The molecule has 4 atom stereocenters. The van der Waals surface area contributed by atoms with Gasteiger partial charge in [0.05, 0.1) is 6.04 Å². The molecule has 0 radical (unpaired) electrons. The number of benzene rings is 2. The van der Waals surface area contributed by atoms with Crippen LogP contribution in [-0.4, -0.2) is 80.0 Å². The molecule has 0 aliphatic rings. The number of para-hydroxylation sites is 1. The average molecular weight is 625 g/mol. The summed E-state index contributed by atoms with van der Waals surface area (Å²) in [5, 5.41) is 36.1. The third-order valence-electron chi connectivity index (χ3n) is 7.03. The van der Waals surface area contributed by atoms with Crippen LogP contribution in [0.1, 0.15) is 36.8 Å². The zero-order valence-electron chi connectivity index (χ0n) is 24.2. The van der Waals surface area contributed by atoms with Crippen molar-refractivity contribution in [1.29, 1.82) is 0 Å². The van der Waals surface area contributed by atoms with E-state index in [9.17, 15) is 39.0 Å². The lowest BCUT2D eigenvalue weighted by atomic mass is 10.0. The average Bonchev–Trinajstić information content (AvgIpc) is 3.39. The number of carboxylic acids is 2. The van der Waals surface area contributed by atoms with E-state index >= 15 is 0 Å². The van der Waals surface area contributed by atoms with E-state index in [4.69, 9.17) is 16.6 Å². The predicted molar refractivity (Wildman–Crippen MR) is 161 cm³/mol. The Hall–Kier alpha value is -5.44. The second kappa shape index (κ2) is 15.9. The highest BCUT2D eigenvalue weighted by Gasteiger charge is 2.31. The van der Waals surface area contributed by atoms with Crippen LogP contribution in [0.25, 0.3) is 10.9 Å². The van der Waals surface area contributed by atoms with Crippen molar-refractivity contribution in [2.45, 2.75) is 62.7 Å². The van der Waals surface area contributed by atoms with Gasteiger partial charge in [0.15, 0.2) is 0 Å². The number of aromatic nitrogens is 1. The minimum Gasteiger partial charge on any atom is -0.508 e. The largest absolute Gasteiger partial charge is 0.508 e. The first-order valence-electron chi connectivity index (χ1n) is 14.1. The van der Waals surface area contributed by atoms with Crippen molar-refractivity contribution in [2.24, 2.45) is 11.5 Å². The molecule has 11 N–H and O–H groups in total. The van der Waals surface area contributed by atoms with Gasteiger partial charge in [-0.2, -0.15) is 0 Å². The number of primary amides is 1. The molecule has 0 aliphatic carbocycles. The molecular formula is C30H36N6O9. The maximum Gasteiger partial charge on any atom is 0.326 e. The lowest BCUT2D eigenvalue weighted by Crippen LogP contribution is -2.58. The normalized spacial score (nSPS) is 13.6. The van der Waals surface area contributed by atoms with Crippen molar-refractivity contribution >= 4 is 46.5 Å². The van der Waals surface area contributed by atoms with Gasteiger partial charge in [0, 0.05) is 36.4 Å². The van der Waals surface area contributed by atoms with Crippen LogP contribution in [0.3, 0.4) is 0 Å². The van der Waals surface area contributed by atoms with Crippen LogP contribution < -0.4 is 27.4 Å². The molecule has 1 aromatic heterocycles. The van der Waals surface area contributed by atoms with Crippen molar-refractivity contribution in [3.05, 3.63) is 65.9 Å². The Labute approximate surface area is 257 Å². The Morgan fingerprint density at radius 2 is 1.36 bits per heavy atom. The van der Waals surface area contributed by atoms with Gasteiger partial charge in [0.25, 0.3) is 0 Å². The third kappa shape index (κ3) is 10.4. The van der Waals surface area contributed by atoms with E-state index in [0.29, 0.717) is 5.56 Å². The van der Waals surface area contributed by atoms with Crippen LogP contribution >= 0.6 is 0 Å². The van der Waals surface area contributed by atoms with Gasteiger partial charge in [0.1, 0.15) is 23.9 Å². The number of phenolic OH excluding ortho intramolecular Hbond substituents is 1. The van der Waals surface area contributed by atoms with Crippen LogP contribution in [0.5, 0.6) is 5.75 Å². The molecule has 0 saturated carbocycles. The van der Waals surface area contributed by atoms with Gasteiger partial charge in [-0.1, -0.05) is 30.3 Å². The second-order valence-corrected chi connectivity index (χ2v) is 10.5. The van der Waals surface area contributed by atoms with E-state index in [1.807, 2.05) is 24.3 Å². The molecule has 4 unspecified atom stereocenters. The van der Waals surface area contributed by atoms with Gasteiger partial charge in [-0.15, -0.1) is 0 Å². The molecule has 2 aromatic carbocycles. The third-order valence-corrected chi connectivity index (χ3v) is 7.03. The minimum atomic E-state index is -1.59. The summed E-state index contributed by atoms with van der Waals surface area (Å²) in [5.74, 6) is -6.10. The fraction of sp³-hybridized carbons (Fsp3) is 0.333. The van der Waals surface area contributed by atoms with Crippen molar-refractivity contribution in [2.75, 3.05) is 0 Å². The Balaban J connectivity index is 1.80. The van der Waals surface area contributed by atoms with E-state index in [-0.39, 0.29) is 31.4 Å². The number of nitrogens with two attached hydrogens (primary N) is 2. The molecule has 1 heterocycles. The number of carbonyl (C=O) groups is 6. The topological polar surface area (TPSA) is 267 Å². The van der Waals surface area contributed by atoms with E-state index in [2.05, 4.69) is 20.9 Å². The van der Waals surface area contributed by atoms with Gasteiger partial charge in [-0.25, -0.2) is 4.79 Å². The van der Waals surface area contributed by atoms with Gasteiger partial charge >= 0.3 is 11.9 Å². The zero-order valence-corrected chi connectivity index (χ0v) is 24.2. The van der Waals surface area contributed by atoms with Crippen LogP contribution in [0.4, 0.5) is 0 Å². The molecule has 15 nitrogen and oxygen atoms in total. The molecule has 15 heteroatoms. The smallest absolute Gasteiger partial charge is 0.326 e. The molecule has 3 aromatic rings. The first-order chi connectivity index (χ1) is 21.3. The summed E-state index contributed by atoms with van der Waals surface area (Å²) in [7, 11) is 0. The molecule has 240 valence electrons. The number of aliphatic carboxylic acids is 2. The van der Waals surface area contributed by atoms with Crippen LogP contribution in [0.15, 0.2) is 54.7 Å². The van der Waals surface area contributed by atoms with Crippen LogP contribution in [0, 0.1) is 0 Å². The molecule has 0 spiro atoms. The van der Waals surface area contributed by atoms with E-state index in [0.717, 1.165) is 16.5 Å². The summed E-state index contributed by atoms with van der Waals surface area (Å²) in [6, 6.07) is 7.89. The van der Waals surface area contributed by atoms with Gasteiger partial charge in [-0.3, -0.25) is 24.0 Å². The molecule has 0 saturated heterocycles. The number of hydrogen-bond acceptors (Lipinski definition) is 8. The highest BCUT2D eigenvalue weighted by atomic mass is 16.4. The summed E-state index contributed by atoms with van der Waals surface area (Å²) in [4.78, 5) is 77.0. The molecular weight excluding hydrogens is 588 g/mol. The summed E-state index contributed by atoms with van der Waals surface area (Å²) in [6.07, 6.45) is 0.156. The number of amides is 4. The second-order valence-electron chi connectivity index (χ2n) is 10.5. The SMILES string of the molecule is NC(=O)CCC(NC(=O)C(Cc1ccc(O)cc1)NC(=O)C(N)Cc1c[nH]c2ccccc12)C(=O)NC(CCC(=O)O)C(=O)O. The number of H-pyrrole nitrogens is 1. The van der Waals surface area contributed by atoms with E-state index in [1.54, 1.807) is 6.20 Å². The summed E-state index contributed by atoms with van der Waals surface area (Å²) in [5.41, 5.74) is 13.6.